The smallest absolute Gasteiger partial charge is 0.408 e. The molecule has 1 saturated carbocycles. The monoisotopic (exact) mass is 627 g/mol. The second kappa shape index (κ2) is 15.1. The van der Waals surface area contributed by atoms with Crippen molar-refractivity contribution in [3.8, 4) is 0 Å². The standard InChI is InChI=1S/C36H45N5O5/c1-23(2)19-31(46-36(44)38-27-15-9-6-10-16-27)34(42)39-29(20-26-21-41(4)30-18-12-11-17-28(26)30)33-37-24(3)32(40-33)35(43)45-22-25-13-7-5-8-14-25/h5,7-8,11-14,17-18,21,23,27,29,31H,6,9-10,15-16,19-20,22H2,1-4H3,(H,37,40)(H,38,44)(H,39,42)/t29-,31+/m1/s1. The number of amides is 2. The van der Waals surface area contributed by atoms with Gasteiger partial charge >= 0.3 is 12.1 Å². The molecule has 46 heavy (non-hydrogen) atoms. The van der Waals surface area contributed by atoms with Crippen molar-refractivity contribution in [1.82, 2.24) is 25.2 Å². The molecule has 0 bridgehead atoms. The van der Waals surface area contributed by atoms with Crippen LogP contribution in [-0.2, 0) is 34.3 Å². The largest absolute Gasteiger partial charge is 0.456 e. The number of nitrogens with zero attached hydrogens (tertiary/aromatic N) is 2. The van der Waals surface area contributed by atoms with E-state index in [-0.39, 0.29) is 24.3 Å². The summed E-state index contributed by atoms with van der Waals surface area (Å²) in [4.78, 5) is 47.7. The van der Waals surface area contributed by atoms with Crippen molar-refractivity contribution in [2.24, 2.45) is 13.0 Å². The number of para-hydroxylation sites is 1. The lowest BCUT2D eigenvalue weighted by atomic mass is 9.96. The molecule has 4 aromatic rings. The molecule has 2 aromatic carbocycles. The zero-order valence-corrected chi connectivity index (χ0v) is 27.2. The van der Waals surface area contributed by atoms with Crippen LogP contribution in [0.5, 0.6) is 0 Å². The lowest BCUT2D eigenvalue weighted by Crippen LogP contribution is -2.45. The average molecular weight is 628 g/mol. The van der Waals surface area contributed by atoms with Crippen LogP contribution in [0, 0.1) is 12.8 Å². The fourth-order valence-corrected chi connectivity index (χ4v) is 6.14. The molecule has 1 fully saturated rings. The van der Waals surface area contributed by atoms with E-state index < -0.39 is 30.1 Å². The number of hydrogen-bond donors (Lipinski definition) is 3. The van der Waals surface area contributed by atoms with Crippen molar-refractivity contribution >= 4 is 28.9 Å². The lowest BCUT2D eigenvalue weighted by molar-refractivity contribution is -0.131. The van der Waals surface area contributed by atoms with Crippen molar-refractivity contribution in [2.75, 3.05) is 0 Å². The molecule has 10 heteroatoms. The summed E-state index contributed by atoms with van der Waals surface area (Å²) in [6.45, 7) is 5.85. The first-order chi connectivity index (χ1) is 22.2. The van der Waals surface area contributed by atoms with Crippen molar-refractivity contribution in [2.45, 2.75) is 90.5 Å². The minimum atomic E-state index is -0.995. The summed E-state index contributed by atoms with van der Waals surface area (Å²) in [5.74, 6) is -0.452. The molecule has 2 aromatic heterocycles. The van der Waals surface area contributed by atoms with Crippen LogP contribution in [-0.4, -0.2) is 44.7 Å². The SMILES string of the molecule is Cc1[nH]c([C@@H](Cc2cn(C)c3ccccc23)NC(=O)[C@H](CC(C)C)OC(=O)NC2CCCCC2)nc1C(=O)OCc1ccccc1. The number of rotatable bonds is 12. The van der Waals surface area contributed by atoms with Crippen LogP contribution >= 0.6 is 0 Å². The van der Waals surface area contributed by atoms with E-state index in [1.165, 1.54) is 6.42 Å². The first-order valence-corrected chi connectivity index (χ1v) is 16.3. The molecule has 0 spiro atoms. The van der Waals surface area contributed by atoms with Gasteiger partial charge in [-0.1, -0.05) is 81.6 Å². The Morgan fingerprint density at radius 2 is 1.74 bits per heavy atom. The predicted octanol–water partition coefficient (Wildman–Crippen LogP) is 6.44. The van der Waals surface area contributed by atoms with E-state index in [9.17, 15) is 14.4 Å². The minimum absolute atomic E-state index is 0.0642. The van der Waals surface area contributed by atoms with Crippen LogP contribution in [0.2, 0.25) is 0 Å². The van der Waals surface area contributed by atoms with Gasteiger partial charge in [0.25, 0.3) is 5.91 Å². The maximum absolute atomic E-state index is 13.9. The second-order valence-electron chi connectivity index (χ2n) is 12.7. The normalized spacial score (nSPS) is 15.0. The van der Waals surface area contributed by atoms with Gasteiger partial charge in [-0.3, -0.25) is 4.79 Å². The maximum atomic E-state index is 13.9. The first-order valence-electron chi connectivity index (χ1n) is 16.3. The number of carbonyl (C=O) groups excluding carboxylic acids is 3. The summed E-state index contributed by atoms with van der Waals surface area (Å²) >= 11 is 0. The highest BCUT2D eigenvalue weighted by atomic mass is 16.6. The molecular formula is C36H45N5O5. The molecule has 0 aliphatic heterocycles. The number of aromatic nitrogens is 3. The Kier molecular flexibility index (Phi) is 10.8. The van der Waals surface area contributed by atoms with Gasteiger partial charge in [0.15, 0.2) is 11.8 Å². The van der Waals surface area contributed by atoms with E-state index in [4.69, 9.17) is 9.47 Å². The third-order valence-electron chi connectivity index (χ3n) is 8.51. The summed E-state index contributed by atoms with van der Waals surface area (Å²) < 4.78 is 13.4. The number of H-pyrrole nitrogens is 1. The van der Waals surface area contributed by atoms with Gasteiger partial charge in [-0.2, -0.15) is 0 Å². The molecule has 2 heterocycles. The molecule has 10 nitrogen and oxygen atoms in total. The summed E-state index contributed by atoms with van der Waals surface area (Å²) in [6, 6.07) is 16.9. The van der Waals surface area contributed by atoms with E-state index >= 15 is 0 Å². The predicted molar refractivity (Wildman–Crippen MR) is 176 cm³/mol. The average Bonchev–Trinajstić information content (AvgIpc) is 3.59. The zero-order chi connectivity index (χ0) is 32.6. The number of hydrogen-bond acceptors (Lipinski definition) is 6. The number of esters is 1. The molecule has 2 amide bonds. The Balaban J connectivity index is 1.38. The van der Waals surface area contributed by atoms with Gasteiger partial charge in [0.05, 0.1) is 6.04 Å². The number of imidazole rings is 1. The summed E-state index contributed by atoms with van der Waals surface area (Å²) in [6.07, 6.45) is 6.36. The van der Waals surface area contributed by atoms with E-state index in [0.29, 0.717) is 24.4 Å². The summed E-state index contributed by atoms with van der Waals surface area (Å²) in [5, 5.41) is 7.12. The Morgan fingerprint density at radius 1 is 1.02 bits per heavy atom. The van der Waals surface area contributed by atoms with Crippen molar-refractivity contribution < 1.29 is 23.9 Å². The van der Waals surface area contributed by atoms with E-state index in [0.717, 1.165) is 47.7 Å². The Labute approximate surface area is 270 Å². The Hall–Kier alpha value is -4.60. The van der Waals surface area contributed by atoms with Crippen molar-refractivity contribution in [3.05, 3.63) is 89.1 Å². The molecule has 0 saturated heterocycles. The molecule has 1 aliphatic carbocycles. The topological polar surface area (TPSA) is 127 Å². The first kappa shape index (κ1) is 32.8. The number of carbonyl (C=O) groups is 3. The van der Waals surface area contributed by atoms with Gasteiger partial charge in [-0.25, -0.2) is 14.6 Å². The highest BCUT2D eigenvalue weighted by Gasteiger charge is 2.30. The highest BCUT2D eigenvalue weighted by Crippen LogP contribution is 2.27. The van der Waals surface area contributed by atoms with Crippen LogP contribution in [0.1, 0.15) is 91.5 Å². The van der Waals surface area contributed by atoms with Gasteiger partial charge in [0, 0.05) is 42.3 Å². The number of fused-ring (bicyclic) bond motifs is 1. The van der Waals surface area contributed by atoms with Gasteiger partial charge < -0.3 is 29.7 Å². The van der Waals surface area contributed by atoms with Crippen LogP contribution < -0.4 is 10.6 Å². The molecule has 0 unspecified atom stereocenters. The molecule has 2 atom stereocenters. The molecule has 244 valence electrons. The minimum Gasteiger partial charge on any atom is -0.456 e. The molecule has 5 rings (SSSR count). The van der Waals surface area contributed by atoms with Crippen LogP contribution in [0.3, 0.4) is 0 Å². The zero-order valence-electron chi connectivity index (χ0n) is 27.2. The molecule has 1 aliphatic rings. The van der Waals surface area contributed by atoms with Crippen molar-refractivity contribution in [1.29, 1.82) is 0 Å². The van der Waals surface area contributed by atoms with E-state index in [1.807, 2.05) is 86.3 Å². The van der Waals surface area contributed by atoms with Crippen LogP contribution in [0.4, 0.5) is 4.79 Å². The van der Waals surface area contributed by atoms with Crippen molar-refractivity contribution in [3.63, 3.8) is 0 Å². The fourth-order valence-electron chi connectivity index (χ4n) is 6.14. The van der Waals surface area contributed by atoms with Gasteiger partial charge in [-0.15, -0.1) is 0 Å². The number of ether oxygens (including phenoxy) is 2. The van der Waals surface area contributed by atoms with E-state index in [1.54, 1.807) is 6.92 Å². The maximum Gasteiger partial charge on any atom is 0.408 e. The molecule has 0 radical (unpaired) electrons. The van der Waals surface area contributed by atoms with Gasteiger partial charge in [0.2, 0.25) is 0 Å². The third-order valence-corrected chi connectivity index (χ3v) is 8.51. The highest BCUT2D eigenvalue weighted by molar-refractivity contribution is 5.89. The number of aryl methyl sites for hydroxylation is 2. The van der Waals surface area contributed by atoms with Crippen LogP contribution in [0.15, 0.2) is 60.8 Å². The molecular weight excluding hydrogens is 582 g/mol. The summed E-state index contributed by atoms with van der Waals surface area (Å²) in [7, 11) is 1.98. The number of alkyl carbamates (subject to hydrolysis) is 1. The molecule has 3 N–H and O–H groups in total. The van der Waals surface area contributed by atoms with E-state index in [2.05, 4.69) is 20.6 Å². The van der Waals surface area contributed by atoms with Crippen LogP contribution in [0.25, 0.3) is 10.9 Å². The lowest BCUT2D eigenvalue weighted by Gasteiger charge is -2.26. The Morgan fingerprint density at radius 3 is 2.48 bits per heavy atom. The quantitative estimate of drug-likeness (QED) is 0.155. The number of aromatic amines is 1. The third kappa shape index (κ3) is 8.35. The summed E-state index contributed by atoms with van der Waals surface area (Å²) in [5.41, 5.74) is 3.62. The second-order valence-corrected chi connectivity index (χ2v) is 12.7. The number of benzene rings is 2. The number of nitrogens with one attached hydrogen (secondary N) is 3. The van der Waals surface area contributed by atoms with Gasteiger partial charge in [0.1, 0.15) is 12.4 Å². The Bertz CT molecular complexity index is 1640. The van der Waals surface area contributed by atoms with Gasteiger partial charge in [-0.05, 0) is 49.3 Å². The fraction of sp³-hybridized carbons (Fsp3) is 0.444.